The number of rotatable bonds is 6. The van der Waals surface area contributed by atoms with Crippen molar-refractivity contribution in [3.8, 4) is 0 Å². The zero-order valence-corrected chi connectivity index (χ0v) is 11.5. The van der Waals surface area contributed by atoms with E-state index in [0.717, 1.165) is 19.6 Å². The van der Waals surface area contributed by atoms with Crippen LogP contribution in [0.25, 0.3) is 0 Å². The molecule has 1 aliphatic heterocycles. The molecule has 0 aromatic heterocycles. The molecule has 1 N–H and O–H groups in total. The van der Waals surface area contributed by atoms with Crippen molar-refractivity contribution in [1.29, 1.82) is 0 Å². The van der Waals surface area contributed by atoms with Gasteiger partial charge in [-0.05, 0) is 33.2 Å². The molecule has 17 heavy (non-hydrogen) atoms. The number of nitrogens with one attached hydrogen (secondary N) is 1. The van der Waals surface area contributed by atoms with Crippen molar-refractivity contribution in [1.82, 2.24) is 10.2 Å². The van der Waals surface area contributed by atoms with Crippen molar-refractivity contribution in [2.75, 3.05) is 26.7 Å². The van der Waals surface area contributed by atoms with Crippen LogP contribution in [0, 0.1) is 5.92 Å². The lowest BCUT2D eigenvalue weighted by Gasteiger charge is -2.30. The predicted octanol–water partition coefficient (Wildman–Crippen LogP) is 1.26. The van der Waals surface area contributed by atoms with E-state index in [2.05, 4.69) is 24.1 Å². The van der Waals surface area contributed by atoms with Crippen molar-refractivity contribution in [2.24, 2.45) is 5.92 Å². The van der Waals surface area contributed by atoms with Crippen molar-refractivity contribution in [3.63, 3.8) is 0 Å². The minimum absolute atomic E-state index is 0.0520. The smallest absolute Gasteiger partial charge is 0.309 e. The van der Waals surface area contributed by atoms with Crippen LogP contribution in [0.3, 0.4) is 0 Å². The van der Waals surface area contributed by atoms with Gasteiger partial charge in [-0.25, -0.2) is 0 Å². The van der Waals surface area contributed by atoms with Gasteiger partial charge in [0.15, 0.2) is 0 Å². The maximum Gasteiger partial charge on any atom is 0.309 e. The number of methoxy groups -OCH3 is 1. The molecular weight excluding hydrogens is 216 g/mol. The highest BCUT2D eigenvalue weighted by molar-refractivity contribution is 5.72. The third kappa shape index (κ3) is 4.64. The fourth-order valence-corrected chi connectivity index (χ4v) is 2.32. The second-order valence-corrected chi connectivity index (χ2v) is 5.27. The standard InChI is InChI=1S/C13H26N2O2/c1-10(2)15(8-11(3)13(16)17-4)9-12-6-5-7-14-12/h10-12,14H,5-9H2,1-4H3. The van der Waals surface area contributed by atoms with E-state index in [1.165, 1.54) is 20.0 Å². The molecular formula is C13H26N2O2. The normalized spacial score (nSPS) is 22.1. The van der Waals surface area contributed by atoms with E-state index in [-0.39, 0.29) is 11.9 Å². The Bertz CT molecular complexity index is 238. The summed E-state index contributed by atoms with van der Waals surface area (Å²) in [5, 5.41) is 3.50. The first kappa shape index (κ1) is 14.5. The molecule has 0 bridgehead atoms. The fraction of sp³-hybridized carbons (Fsp3) is 0.923. The average molecular weight is 242 g/mol. The lowest BCUT2D eigenvalue weighted by atomic mass is 10.1. The van der Waals surface area contributed by atoms with Gasteiger partial charge in [-0.2, -0.15) is 0 Å². The van der Waals surface area contributed by atoms with E-state index in [1.807, 2.05) is 6.92 Å². The number of ether oxygens (including phenoxy) is 1. The molecule has 1 saturated heterocycles. The quantitative estimate of drug-likeness (QED) is 0.712. The van der Waals surface area contributed by atoms with Crippen LogP contribution in [0.15, 0.2) is 0 Å². The number of hydrogen-bond donors (Lipinski definition) is 1. The zero-order chi connectivity index (χ0) is 12.8. The highest BCUT2D eigenvalue weighted by atomic mass is 16.5. The van der Waals surface area contributed by atoms with E-state index in [1.54, 1.807) is 0 Å². The van der Waals surface area contributed by atoms with Crippen LogP contribution < -0.4 is 5.32 Å². The van der Waals surface area contributed by atoms with Gasteiger partial charge in [-0.15, -0.1) is 0 Å². The Labute approximate surface area is 105 Å². The van der Waals surface area contributed by atoms with Gasteiger partial charge in [0.2, 0.25) is 0 Å². The molecule has 1 rings (SSSR count). The SMILES string of the molecule is COC(=O)C(C)CN(CC1CCCN1)C(C)C. The maximum atomic E-state index is 11.4. The molecule has 4 heteroatoms. The maximum absolute atomic E-state index is 11.4. The van der Waals surface area contributed by atoms with Crippen molar-refractivity contribution >= 4 is 5.97 Å². The molecule has 0 amide bonds. The summed E-state index contributed by atoms with van der Waals surface area (Å²) >= 11 is 0. The second kappa shape index (κ2) is 6.97. The Balaban J connectivity index is 2.44. The summed E-state index contributed by atoms with van der Waals surface area (Å²) in [5.41, 5.74) is 0. The predicted molar refractivity (Wildman–Crippen MR) is 68.9 cm³/mol. The summed E-state index contributed by atoms with van der Waals surface area (Å²) in [6.45, 7) is 9.23. The summed E-state index contributed by atoms with van der Waals surface area (Å²) in [6.07, 6.45) is 2.51. The van der Waals surface area contributed by atoms with E-state index in [0.29, 0.717) is 12.1 Å². The number of hydrogen-bond acceptors (Lipinski definition) is 4. The van der Waals surface area contributed by atoms with E-state index >= 15 is 0 Å². The van der Waals surface area contributed by atoms with Crippen LogP contribution >= 0.6 is 0 Å². The van der Waals surface area contributed by atoms with Gasteiger partial charge in [0.25, 0.3) is 0 Å². The summed E-state index contributed by atoms with van der Waals surface area (Å²) in [7, 11) is 1.46. The summed E-state index contributed by atoms with van der Waals surface area (Å²) < 4.78 is 4.78. The highest BCUT2D eigenvalue weighted by Gasteiger charge is 2.23. The van der Waals surface area contributed by atoms with Crippen LogP contribution in [0.4, 0.5) is 0 Å². The Hall–Kier alpha value is -0.610. The molecule has 1 heterocycles. The number of nitrogens with zero attached hydrogens (tertiary/aromatic N) is 1. The highest BCUT2D eigenvalue weighted by Crippen LogP contribution is 2.12. The summed E-state index contributed by atoms with van der Waals surface area (Å²) in [5.74, 6) is -0.168. The van der Waals surface area contributed by atoms with Crippen molar-refractivity contribution in [2.45, 2.75) is 45.7 Å². The molecule has 0 aromatic carbocycles. The van der Waals surface area contributed by atoms with Crippen LogP contribution in [0.2, 0.25) is 0 Å². The number of carbonyl (C=O) groups excluding carboxylic acids is 1. The van der Waals surface area contributed by atoms with E-state index in [4.69, 9.17) is 4.74 Å². The van der Waals surface area contributed by atoms with Crippen LogP contribution in [0.5, 0.6) is 0 Å². The topological polar surface area (TPSA) is 41.6 Å². The van der Waals surface area contributed by atoms with Gasteiger partial charge in [0.05, 0.1) is 13.0 Å². The molecule has 1 fully saturated rings. The molecule has 0 saturated carbocycles. The van der Waals surface area contributed by atoms with Gasteiger partial charge in [-0.1, -0.05) is 6.92 Å². The molecule has 1 aliphatic rings. The Morgan fingerprint density at radius 1 is 1.47 bits per heavy atom. The largest absolute Gasteiger partial charge is 0.469 e. The van der Waals surface area contributed by atoms with E-state index < -0.39 is 0 Å². The second-order valence-electron chi connectivity index (χ2n) is 5.27. The molecule has 0 aromatic rings. The first-order valence-electron chi connectivity index (χ1n) is 6.59. The van der Waals surface area contributed by atoms with Crippen LogP contribution in [-0.4, -0.2) is 49.7 Å². The van der Waals surface area contributed by atoms with Crippen LogP contribution in [-0.2, 0) is 9.53 Å². The molecule has 0 spiro atoms. The number of esters is 1. The lowest BCUT2D eigenvalue weighted by Crippen LogP contribution is -2.44. The molecule has 2 unspecified atom stereocenters. The molecule has 2 atom stereocenters. The minimum atomic E-state index is -0.116. The minimum Gasteiger partial charge on any atom is -0.469 e. The molecule has 100 valence electrons. The van der Waals surface area contributed by atoms with Gasteiger partial charge < -0.3 is 10.1 Å². The number of carbonyl (C=O) groups is 1. The summed E-state index contributed by atoms with van der Waals surface area (Å²) in [6, 6.07) is 1.05. The molecule has 0 radical (unpaired) electrons. The average Bonchev–Trinajstić information content (AvgIpc) is 2.79. The summed E-state index contributed by atoms with van der Waals surface area (Å²) in [4.78, 5) is 13.8. The van der Waals surface area contributed by atoms with Crippen molar-refractivity contribution in [3.05, 3.63) is 0 Å². The van der Waals surface area contributed by atoms with Gasteiger partial charge in [0.1, 0.15) is 0 Å². The van der Waals surface area contributed by atoms with Crippen molar-refractivity contribution < 1.29 is 9.53 Å². The Kier molecular flexibility index (Phi) is 5.92. The monoisotopic (exact) mass is 242 g/mol. The van der Waals surface area contributed by atoms with Gasteiger partial charge >= 0.3 is 5.97 Å². The molecule has 0 aliphatic carbocycles. The Morgan fingerprint density at radius 3 is 2.65 bits per heavy atom. The lowest BCUT2D eigenvalue weighted by molar-refractivity contribution is -0.145. The van der Waals surface area contributed by atoms with Gasteiger partial charge in [0, 0.05) is 25.2 Å². The van der Waals surface area contributed by atoms with Crippen LogP contribution in [0.1, 0.15) is 33.6 Å². The zero-order valence-electron chi connectivity index (χ0n) is 11.5. The van der Waals surface area contributed by atoms with E-state index in [9.17, 15) is 4.79 Å². The Morgan fingerprint density at radius 2 is 2.18 bits per heavy atom. The molecule has 4 nitrogen and oxygen atoms in total. The van der Waals surface area contributed by atoms with Gasteiger partial charge in [-0.3, -0.25) is 9.69 Å². The fourth-order valence-electron chi connectivity index (χ4n) is 2.32. The third-order valence-electron chi connectivity index (χ3n) is 3.46. The first-order chi connectivity index (χ1) is 8.04. The first-order valence-corrected chi connectivity index (χ1v) is 6.59. The third-order valence-corrected chi connectivity index (χ3v) is 3.46.